The lowest BCUT2D eigenvalue weighted by Gasteiger charge is -2.17. The Morgan fingerprint density at radius 2 is 0.411 bits per heavy atom. The molecule has 0 amide bonds. The van der Waals surface area contributed by atoms with E-state index in [2.05, 4.69) is 0 Å². The summed E-state index contributed by atoms with van der Waals surface area (Å²) in [7, 11) is 0. The average molecular weight is 1720 g/mol. The molecule has 3 nitrogen and oxygen atoms in total. The van der Waals surface area contributed by atoms with Gasteiger partial charge >= 0.3 is 0 Å². The second-order valence-electron chi connectivity index (χ2n) is 27.8. The van der Waals surface area contributed by atoms with Crippen LogP contribution in [-0.4, -0.2) is 0 Å². The number of hydrogen-bond donors (Lipinski definition) is 0. The van der Waals surface area contributed by atoms with Crippen molar-refractivity contribution in [1.82, 2.24) is 0 Å². The number of furan rings is 3. The van der Waals surface area contributed by atoms with Crippen LogP contribution in [-0.2, 0) is 0 Å². The molecule has 0 spiro atoms. The van der Waals surface area contributed by atoms with Crippen LogP contribution in [0.25, 0.3) is 263 Å². The topological polar surface area (TPSA) is 39.4 Å². The molecule has 3 heteroatoms. The molecule has 0 saturated carbocycles. The highest BCUT2D eigenvalue weighted by Gasteiger charge is 2.27. The standard InChI is InChI=1S/3C42H26O/c1-2-14-28(15-3-1)39-31-18-6-8-20-33(31)40(34-21-9-7-19-32(34)39)38-26-12-25-37-36-24-11-23-35(41(36)43-42(37)38)30-22-10-16-27-13-4-5-17-29(27)30;1-2-13-28(14-3-1)40-33-17-6-8-19-35(33)41(36-20-9-7-18-34(36)40)29-24-25-37-39(26-29)43-38-23-11-22-32(42(37)38)31-21-10-15-27-12-4-5-16-30(27)31;1-2-13-28(14-3-1)39-32-16-6-8-18-34(32)40(35-19-9-7-17-33(35)39)38-23-11-22-37-36-21-10-20-31(41(36)43-42(37)38)30-25-24-27-12-4-5-15-29(27)26-30/h3*1-26H/i3*1D,2D,3D,4D,5D,6D,7D,8D,9D,10D,11D,12D,13D,14D,15D,16D,17D,18D,19D,20D,21D,22D,23D,24D,25D,26D. The van der Waals surface area contributed by atoms with Gasteiger partial charge in [0.15, 0.2) is 0 Å². The van der Waals surface area contributed by atoms with Gasteiger partial charge in [-0.3, -0.25) is 0 Å². The molecule has 0 unspecified atom stereocenters. The summed E-state index contributed by atoms with van der Waals surface area (Å²) >= 11 is 0. The third-order valence-corrected chi connectivity index (χ3v) is 21.0. The third kappa shape index (κ3) is 12.4. The fourth-order valence-electron chi connectivity index (χ4n) is 15.8. The smallest absolute Gasteiger partial charge is 0.143 e. The maximum atomic E-state index is 9.75. The highest BCUT2D eigenvalue weighted by Crippen LogP contribution is 2.53. The van der Waals surface area contributed by atoms with Crippen molar-refractivity contribution in [3.8, 4) is 100 Å². The molecule has 3 heterocycles. The van der Waals surface area contributed by atoms with Crippen LogP contribution >= 0.6 is 0 Å². The molecule has 0 bridgehead atoms. The molecule has 0 N–H and O–H groups in total. The minimum Gasteiger partial charge on any atom is -0.456 e. The Kier molecular flexibility index (Phi) is 7.26. The van der Waals surface area contributed by atoms with Crippen molar-refractivity contribution >= 4 is 163 Å². The van der Waals surface area contributed by atoms with E-state index in [1.54, 1.807) is 0 Å². The molecular formula is C126H78O3. The van der Waals surface area contributed by atoms with Crippen LogP contribution in [0.4, 0.5) is 0 Å². The van der Waals surface area contributed by atoms with Gasteiger partial charge in [0, 0.05) is 65.7 Å². The van der Waals surface area contributed by atoms with Gasteiger partial charge in [-0.1, -0.05) is 447 Å². The Morgan fingerprint density at radius 1 is 0.132 bits per heavy atom. The molecule has 0 aliphatic rings. The number of fused-ring (bicyclic) bond motifs is 18. The Bertz CT molecular complexity index is 13900. The quantitative estimate of drug-likeness (QED) is 0.135. The second-order valence-corrected chi connectivity index (χ2v) is 27.8. The van der Waals surface area contributed by atoms with E-state index >= 15 is 0 Å². The first-order valence-electron chi connectivity index (χ1n) is 77.0. The lowest BCUT2D eigenvalue weighted by Crippen LogP contribution is -1.90. The number of hydrogen-bond acceptors (Lipinski definition) is 3. The number of rotatable bonds is 9. The molecule has 0 fully saturated rings. The molecule has 27 rings (SSSR count). The number of benzene rings is 24. The summed E-state index contributed by atoms with van der Waals surface area (Å²) in [6.45, 7) is 0. The summed E-state index contributed by atoms with van der Waals surface area (Å²) in [6, 6.07) is -70.4. The molecule has 0 aliphatic heterocycles. The van der Waals surface area contributed by atoms with E-state index in [9.17, 15) is 28.8 Å². The van der Waals surface area contributed by atoms with Crippen LogP contribution in [0.1, 0.15) is 107 Å². The van der Waals surface area contributed by atoms with E-state index in [1.165, 1.54) is 0 Å². The first-order valence-corrected chi connectivity index (χ1v) is 38.0. The first kappa shape index (κ1) is 30.1. The van der Waals surface area contributed by atoms with Crippen molar-refractivity contribution in [2.45, 2.75) is 0 Å². The zero-order valence-electron chi connectivity index (χ0n) is 142. The van der Waals surface area contributed by atoms with Crippen molar-refractivity contribution in [2.24, 2.45) is 0 Å². The van der Waals surface area contributed by atoms with Gasteiger partial charge in [-0.15, -0.1) is 0 Å². The molecule has 0 radical (unpaired) electrons. The summed E-state index contributed by atoms with van der Waals surface area (Å²) in [6.07, 6.45) is 0. The summed E-state index contributed by atoms with van der Waals surface area (Å²) in [5.41, 5.74) is -16.6. The van der Waals surface area contributed by atoms with Crippen LogP contribution in [0.15, 0.2) is 485 Å². The minimum atomic E-state index is -1.01. The second kappa shape index (κ2) is 31.1. The van der Waals surface area contributed by atoms with Crippen LogP contribution < -0.4 is 0 Å². The SMILES string of the molecule is [2H]c1c([2H])c([2H])c(-c2c3c([2H])c([2H])c([2H])c([2H])c3c(-c3c([2H])c([2H])c([2H])c4c3oc3c(-c5c([2H])c([2H])c([2H])c6c([2H])c([2H])c([2H])c([2H])c56)c([2H])c([2H])c([2H])c34)c3c([2H])c([2H])c([2H])c([2H])c23)c([2H])c1[2H].[2H]c1c([2H])c([2H])c(-c2c3c([2H])c([2H])c([2H])c([2H])c3c(-c3c([2H])c([2H])c([2H])c4c3oc3c(-c5c([2H])c([2H])c6c([2H])c([2H])c([2H])c([2H])c6c5[2H])c([2H])c([2H])c([2H])c34)c3c([2H])c([2H])c([2H])c([2H])c23)c([2H])c1[2H].[2H]c1c([2H])c([2H])c(-c2c3c([2H])c([2H])c([2H])c([2H])c3c(-c3c([2H])c([2H])c4c(oc5c([2H])c([2H])c([2H])c(-c6c([2H])c([2H])c([2H])c7c([2H])c([2H])c([2H])c([2H])c67)c54)c3[2H])c3c([2H])c([2H])c([2H])c([2H])c23)c([2H])c1[2H]. The van der Waals surface area contributed by atoms with Gasteiger partial charge < -0.3 is 13.3 Å². The van der Waals surface area contributed by atoms with Crippen LogP contribution in [0, 0.1) is 0 Å². The molecule has 24 aromatic carbocycles. The lowest BCUT2D eigenvalue weighted by atomic mass is 9.85. The van der Waals surface area contributed by atoms with Gasteiger partial charge in [-0.25, -0.2) is 0 Å². The normalized spacial score (nSPS) is 20.2. The first-order chi connectivity index (χ1) is 96.5. The molecule has 3 aromatic heterocycles. The van der Waals surface area contributed by atoms with Crippen molar-refractivity contribution in [1.29, 1.82) is 0 Å². The lowest BCUT2D eigenvalue weighted by molar-refractivity contribution is 0.669. The highest BCUT2D eigenvalue weighted by atomic mass is 16.3. The van der Waals surface area contributed by atoms with E-state index in [-0.39, 0.29) is 0 Å². The predicted molar refractivity (Wildman–Crippen MR) is 548 cm³/mol. The molecular weight excluding hydrogens is 1560 g/mol. The van der Waals surface area contributed by atoms with E-state index in [4.69, 9.17) is 91.4 Å². The van der Waals surface area contributed by atoms with Crippen LogP contribution in [0.3, 0.4) is 0 Å². The Hall–Kier alpha value is -17.0. The van der Waals surface area contributed by atoms with E-state index < -0.39 is 734 Å². The van der Waals surface area contributed by atoms with E-state index in [0.717, 1.165) is 0 Å². The summed E-state index contributed by atoms with van der Waals surface area (Å²) in [5, 5.41) is -14.9. The van der Waals surface area contributed by atoms with Gasteiger partial charge in [0.2, 0.25) is 0 Å². The molecule has 0 aliphatic carbocycles. The average Bonchev–Trinajstić information content (AvgIpc) is 1.62. The van der Waals surface area contributed by atoms with Gasteiger partial charge in [0.05, 0.1) is 107 Å². The molecule has 0 saturated heterocycles. The van der Waals surface area contributed by atoms with Gasteiger partial charge in [-0.05, 0) is 188 Å². The number of para-hydroxylation sites is 4. The van der Waals surface area contributed by atoms with Gasteiger partial charge in [0.25, 0.3) is 0 Å². The third-order valence-electron chi connectivity index (χ3n) is 21.0. The van der Waals surface area contributed by atoms with Crippen molar-refractivity contribution in [3.63, 3.8) is 0 Å². The molecule has 600 valence electrons. The van der Waals surface area contributed by atoms with Crippen LogP contribution in [0.5, 0.6) is 0 Å². The zero-order valence-corrected chi connectivity index (χ0v) is 64.2. The highest BCUT2D eigenvalue weighted by molar-refractivity contribution is 6.29. The monoisotopic (exact) mass is 1720 g/mol. The zero-order chi connectivity index (χ0) is 153. The van der Waals surface area contributed by atoms with Crippen LogP contribution in [0.2, 0.25) is 0 Å². The van der Waals surface area contributed by atoms with E-state index in [1.807, 2.05) is 0 Å². The Labute approximate surface area is 853 Å². The predicted octanol–water partition coefficient (Wildman–Crippen LogP) is 36.1. The van der Waals surface area contributed by atoms with Crippen molar-refractivity contribution in [2.75, 3.05) is 0 Å². The summed E-state index contributed by atoms with van der Waals surface area (Å²) in [5.74, 6) is 0. The Morgan fingerprint density at radius 3 is 0.837 bits per heavy atom. The maximum Gasteiger partial charge on any atom is 0.143 e. The fraction of sp³-hybridized carbons (Fsp3) is 0. The largest absolute Gasteiger partial charge is 0.456 e. The molecule has 0 atom stereocenters. The van der Waals surface area contributed by atoms with E-state index in [0.29, 0.717) is 0 Å². The minimum absolute atomic E-state index is 0.510. The van der Waals surface area contributed by atoms with Gasteiger partial charge in [0.1, 0.15) is 33.5 Å². The maximum absolute atomic E-state index is 9.75. The van der Waals surface area contributed by atoms with Crippen molar-refractivity contribution < 1.29 is 120 Å². The molecule has 129 heavy (non-hydrogen) atoms. The van der Waals surface area contributed by atoms with Gasteiger partial charge in [-0.2, -0.15) is 0 Å². The molecule has 27 aromatic rings. The Balaban J connectivity index is 0.000000149. The van der Waals surface area contributed by atoms with Crippen molar-refractivity contribution in [3.05, 3.63) is 471 Å². The fourth-order valence-corrected chi connectivity index (χ4v) is 15.8. The summed E-state index contributed by atoms with van der Waals surface area (Å²) in [4.78, 5) is 0. The summed E-state index contributed by atoms with van der Waals surface area (Å²) < 4.78 is 712.